The Balaban J connectivity index is 1.40. The quantitative estimate of drug-likeness (QED) is 0.280. The van der Waals surface area contributed by atoms with Gasteiger partial charge in [0.25, 0.3) is 0 Å². The van der Waals surface area contributed by atoms with Gasteiger partial charge in [-0.3, -0.25) is 10.2 Å². The van der Waals surface area contributed by atoms with Crippen molar-refractivity contribution in [2.75, 3.05) is 11.9 Å². The number of fused-ring (bicyclic) bond motifs is 2. The molecule has 1 aromatic rings. The smallest absolute Gasteiger partial charge is 0.333 e. The molecule has 0 saturated carbocycles. The van der Waals surface area contributed by atoms with Gasteiger partial charge in [-0.1, -0.05) is 30.4 Å². The molecule has 7 heteroatoms. The van der Waals surface area contributed by atoms with Gasteiger partial charge in [0.2, 0.25) is 0 Å². The molecule has 7 nitrogen and oxygen atoms in total. The van der Waals surface area contributed by atoms with Crippen molar-refractivity contribution >= 4 is 17.7 Å². The number of nitrogens with one attached hydrogen (secondary N) is 3. The van der Waals surface area contributed by atoms with Crippen LogP contribution in [0, 0.1) is 11.8 Å². The monoisotopic (exact) mass is 387 g/mol. The van der Waals surface area contributed by atoms with Gasteiger partial charge in [-0.05, 0) is 50.2 Å². The van der Waals surface area contributed by atoms with Crippen LogP contribution >= 0.6 is 0 Å². The summed E-state index contributed by atoms with van der Waals surface area (Å²) >= 11 is 0. The van der Waals surface area contributed by atoms with Crippen molar-refractivity contribution in [1.29, 1.82) is 0 Å². The van der Waals surface area contributed by atoms with Crippen LogP contribution in [0.3, 0.4) is 0 Å². The van der Waals surface area contributed by atoms with Crippen LogP contribution < -0.4 is 16.2 Å². The number of ether oxygens (including phenoxy) is 1. The van der Waals surface area contributed by atoms with Crippen molar-refractivity contribution in [1.82, 2.24) is 10.9 Å². The van der Waals surface area contributed by atoms with E-state index in [-0.39, 0.29) is 18.6 Å². The second-order valence-electron chi connectivity index (χ2n) is 7.44. The van der Waals surface area contributed by atoms with Gasteiger partial charge in [0, 0.05) is 24.6 Å². The molecule has 0 aromatic heterocycles. The largest absolute Gasteiger partial charge is 0.481 e. The van der Waals surface area contributed by atoms with Crippen LogP contribution in [0.1, 0.15) is 38.5 Å². The molecule has 2 saturated heterocycles. The summed E-state index contributed by atoms with van der Waals surface area (Å²) in [4.78, 5) is 22.5. The van der Waals surface area contributed by atoms with Crippen LogP contribution in [0.2, 0.25) is 0 Å². The Morgan fingerprint density at radius 3 is 2.61 bits per heavy atom. The first-order valence-electron chi connectivity index (χ1n) is 10.0. The Morgan fingerprint density at radius 2 is 1.86 bits per heavy atom. The van der Waals surface area contributed by atoms with Crippen molar-refractivity contribution in [3.8, 4) is 0 Å². The maximum Gasteiger partial charge on any atom is 0.333 e. The van der Waals surface area contributed by atoms with Crippen LogP contribution in [0.15, 0.2) is 42.5 Å². The molecule has 0 radical (unpaired) electrons. The van der Waals surface area contributed by atoms with E-state index < -0.39 is 5.97 Å². The summed E-state index contributed by atoms with van der Waals surface area (Å²) in [6.07, 6.45) is 9.54. The third-order valence-corrected chi connectivity index (χ3v) is 5.50. The highest BCUT2D eigenvalue weighted by atomic mass is 16.5. The number of allylic oxidation sites excluding steroid dienone is 2. The van der Waals surface area contributed by atoms with E-state index in [4.69, 9.17) is 9.84 Å². The molecule has 2 unspecified atom stereocenters. The van der Waals surface area contributed by atoms with Gasteiger partial charge in [0.05, 0.1) is 12.2 Å². The molecule has 0 spiro atoms. The average Bonchev–Trinajstić information content (AvgIpc) is 3.27. The lowest BCUT2D eigenvalue weighted by molar-refractivity contribution is -0.137. The van der Waals surface area contributed by atoms with Crippen molar-refractivity contribution in [2.24, 2.45) is 11.8 Å². The lowest BCUT2D eigenvalue weighted by Gasteiger charge is -2.27. The fourth-order valence-electron chi connectivity index (χ4n) is 4.16. The topological polar surface area (TPSA) is 99.7 Å². The predicted octanol–water partition coefficient (Wildman–Crippen LogP) is 3.31. The van der Waals surface area contributed by atoms with Gasteiger partial charge in [0.1, 0.15) is 0 Å². The first-order chi connectivity index (χ1) is 13.6. The lowest BCUT2D eigenvalue weighted by Crippen LogP contribution is -2.45. The number of unbranched alkanes of at least 4 members (excludes halogenated alkanes) is 1. The number of aliphatic carboxylic acids is 1. The molecule has 3 rings (SSSR count). The minimum Gasteiger partial charge on any atom is -0.481 e. The minimum atomic E-state index is -0.746. The van der Waals surface area contributed by atoms with Crippen LogP contribution in [-0.4, -0.2) is 35.9 Å². The summed E-state index contributed by atoms with van der Waals surface area (Å²) in [6, 6.07) is 9.03. The van der Waals surface area contributed by atoms with Gasteiger partial charge in [-0.2, -0.15) is 0 Å². The molecule has 2 aliphatic rings. The fraction of sp³-hybridized carbons (Fsp3) is 0.524. The number of amides is 2. The van der Waals surface area contributed by atoms with E-state index in [1.165, 1.54) is 0 Å². The van der Waals surface area contributed by atoms with E-state index in [1.54, 1.807) is 0 Å². The van der Waals surface area contributed by atoms with E-state index in [0.717, 1.165) is 31.4 Å². The van der Waals surface area contributed by atoms with Crippen molar-refractivity contribution < 1.29 is 19.4 Å². The average molecular weight is 387 g/mol. The van der Waals surface area contributed by atoms with Gasteiger partial charge in [-0.25, -0.2) is 10.2 Å². The van der Waals surface area contributed by atoms with Crippen LogP contribution in [0.25, 0.3) is 0 Å². The van der Waals surface area contributed by atoms with E-state index >= 15 is 0 Å². The zero-order valence-corrected chi connectivity index (χ0v) is 16.0. The zero-order chi connectivity index (χ0) is 19.8. The number of hydrazine groups is 1. The number of carboxylic acid groups (broad SMARTS) is 1. The summed E-state index contributed by atoms with van der Waals surface area (Å²) in [5.74, 6) is 0.0465. The molecular formula is C21H29N3O4. The van der Waals surface area contributed by atoms with E-state index in [1.807, 2.05) is 30.3 Å². The van der Waals surface area contributed by atoms with Crippen LogP contribution in [0.5, 0.6) is 0 Å². The lowest BCUT2D eigenvalue weighted by atomic mass is 9.77. The van der Waals surface area contributed by atoms with E-state index in [9.17, 15) is 9.59 Å². The standard InChI is InChI=1S/C21H29N3O4/c25-20(26)11-7-2-1-6-10-16-17(19-13-12-18(16)28-19)14-22-24-21(27)23-15-8-4-3-5-9-15/h1,3-6,8-9,16-19,22H,2,7,10-14H2,(H,25,26)(H2,23,24,27)/b6-1-/t16-,17?,18-,19?/m0/s1. The molecule has 2 amide bonds. The summed E-state index contributed by atoms with van der Waals surface area (Å²) in [5, 5.41) is 11.4. The van der Waals surface area contributed by atoms with Gasteiger partial charge < -0.3 is 15.2 Å². The molecule has 4 N–H and O–H groups in total. The highest BCUT2D eigenvalue weighted by Crippen LogP contribution is 2.44. The maximum absolute atomic E-state index is 12.0. The molecule has 2 aliphatic heterocycles. The van der Waals surface area contributed by atoms with E-state index in [0.29, 0.717) is 30.9 Å². The maximum atomic E-state index is 12.0. The summed E-state index contributed by atoms with van der Waals surface area (Å²) in [6.45, 7) is 0.668. The number of benzene rings is 1. The normalized spacial score (nSPS) is 25.9. The second-order valence-corrected chi connectivity index (χ2v) is 7.44. The number of urea groups is 1. The molecule has 0 aliphatic carbocycles. The number of rotatable bonds is 10. The fourth-order valence-corrected chi connectivity index (χ4v) is 4.16. The molecule has 28 heavy (non-hydrogen) atoms. The number of carbonyl (C=O) groups is 2. The highest BCUT2D eigenvalue weighted by Gasteiger charge is 2.47. The van der Waals surface area contributed by atoms with Crippen LogP contribution in [0.4, 0.5) is 10.5 Å². The van der Waals surface area contributed by atoms with Crippen molar-refractivity contribution in [3.63, 3.8) is 0 Å². The number of carbonyl (C=O) groups excluding carboxylic acids is 1. The molecule has 1 aromatic carbocycles. The molecule has 2 fully saturated rings. The number of hydrogen-bond acceptors (Lipinski definition) is 4. The Hall–Kier alpha value is -2.38. The summed E-state index contributed by atoms with van der Waals surface area (Å²) in [5.41, 5.74) is 6.50. The summed E-state index contributed by atoms with van der Waals surface area (Å²) < 4.78 is 6.08. The Morgan fingerprint density at radius 1 is 1.11 bits per heavy atom. The van der Waals surface area contributed by atoms with Gasteiger partial charge in [0.15, 0.2) is 0 Å². The number of hydrogen-bond donors (Lipinski definition) is 4. The van der Waals surface area contributed by atoms with E-state index in [2.05, 4.69) is 28.3 Å². The predicted molar refractivity (Wildman–Crippen MR) is 107 cm³/mol. The number of para-hydroxylation sites is 1. The highest BCUT2D eigenvalue weighted by molar-refractivity contribution is 5.88. The Bertz CT molecular complexity index is 679. The Kier molecular flexibility index (Phi) is 7.45. The Labute approximate surface area is 165 Å². The molecule has 152 valence electrons. The van der Waals surface area contributed by atoms with Crippen molar-refractivity contribution in [2.45, 2.75) is 50.7 Å². The van der Waals surface area contributed by atoms with Gasteiger partial charge in [-0.15, -0.1) is 0 Å². The molecule has 2 heterocycles. The first-order valence-corrected chi connectivity index (χ1v) is 10.0. The third kappa shape index (κ3) is 5.81. The minimum absolute atomic E-state index is 0.213. The molecular weight excluding hydrogens is 358 g/mol. The number of anilines is 1. The first kappa shape index (κ1) is 20.4. The number of carboxylic acids is 1. The second kappa shape index (κ2) is 10.2. The molecule has 2 bridgehead atoms. The zero-order valence-electron chi connectivity index (χ0n) is 16.0. The third-order valence-electron chi connectivity index (χ3n) is 5.50. The molecule has 4 atom stereocenters. The SMILES string of the molecule is O=C(O)CCC/C=C\C[C@H]1C(CNNC(=O)Nc2ccccc2)C2CC[C@@H]1O2. The van der Waals surface area contributed by atoms with Gasteiger partial charge >= 0.3 is 12.0 Å². The summed E-state index contributed by atoms with van der Waals surface area (Å²) in [7, 11) is 0. The van der Waals surface area contributed by atoms with Crippen molar-refractivity contribution in [3.05, 3.63) is 42.5 Å². The van der Waals surface area contributed by atoms with Crippen LogP contribution in [-0.2, 0) is 9.53 Å².